The lowest BCUT2D eigenvalue weighted by Crippen LogP contribution is -2.43. The van der Waals surface area contributed by atoms with Crippen molar-refractivity contribution in [3.05, 3.63) is 35.6 Å². The summed E-state index contributed by atoms with van der Waals surface area (Å²) >= 11 is 0. The SMILES string of the molecule is CC1CC(N)C(COC2CCC(c3cccc(F)c3)CC2)N1C. The highest BCUT2D eigenvalue weighted by Crippen LogP contribution is 2.34. The van der Waals surface area contributed by atoms with Gasteiger partial charge >= 0.3 is 0 Å². The van der Waals surface area contributed by atoms with Gasteiger partial charge in [-0.1, -0.05) is 12.1 Å². The van der Waals surface area contributed by atoms with Crippen LogP contribution < -0.4 is 5.73 Å². The normalized spacial score (nSPS) is 35.6. The van der Waals surface area contributed by atoms with E-state index in [2.05, 4.69) is 18.9 Å². The molecule has 3 nitrogen and oxygen atoms in total. The van der Waals surface area contributed by atoms with Crippen LogP contribution in [0.2, 0.25) is 0 Å². The van der Waals surface area contributed by atoms with Crippen LogP contribution >= 0.6 is 0 Å². The molecule has 2 aliphatic rings. The van der Waals surface area contributed by atoms with E-state index in [-0.39, 0.29) is 11.9 Å². The van der Waals surface area contributed by atoms with E-state index >= 15 is 0 Å². The van der Waals surface area contributed by atoms with Gasteiger partial charge in [-0.2, -0.15) is 0 Å². The molecule has 1 heterocycles. The van der Waals surface area contributed by atoms with E-state index < -0.39 is 0 Å². The highest BCUT2D eigenvalue weighted by Gasteiger charge is 2.35. The van der Waals surface area contributed by atoms with Gasteiger partial charge in [0.25, 0.3) is 0 Å². The Bertz CT molecular complexity index is 516. The van der Waals surface area contributed by atoms with Gasteiger partial charge in [-0.3, -0.25) is 4.90 Å². The van der Waals surface area contributed by atoms with Crippen LogP contribution in [0.5, 0.6) is 0 Å². The highest BCUT2D eigenvalue weighted by molar-refractivity contribution is 5.21. The minimum absolute atomic E-state index is 0.131. The Hall–Kier alpha value is -0.970. The second kappa shape index (κ2) is 7.29. The molecule has 1 aliphatic heterocycles. The molecular weight excluding hydrogens is 291 g/mol. The fraction of sp³-hybridized carbons (Fsp3) is 0.684. The fourth-order valence-electron chi connectivity index (χ4n) is 4.15. The summed E-state index contributed by atoms with van der Waals surface area (Å²) in [5.41, 5.74) is 7.36. The van der Waals surface area contributed by atoms with Crippen LogP contribution in [-0.4, -0.2) is 42.8 Å². The van der Waals surface area contributed by atoms with Gasteiger partial charge in [0, 0.05) is 18.1 Å². The zero-order valence-electron chi connectivity index (χ0n) is 14.2. The van der Waals surface area contributed by atoms with Gasteiger partial charge in [-0.25, -0.2) is 4.39 Å². The van der Waals surface area contributed by atoms with Crippen molar-refractivity contribution in [3.8, 4) is 0 Å². The molecule has 23 heavy (non-hydrogen) atoms. The molecule has 0 aromatic heterocycles. The lowest BCUT2D eigenvalue weighted by molar-refractivity contribution is -0.00454. The number of hydrogen-bond donors (Lipinski definition) is 1. The van der Waals surface area contributed by atoms with E-state index in [9.17, 15) is 4.39 Å². The minimum atomic E-state index is -0.131. The maximum Gasteiger partial charge on any atom is 0.123 e. The summed E-state index contributed by atoms with van der Waals surface area (Å²) in [4.78, 5) is 2.35. The Morgan fingerprint density at radius 3 is 2.61 bits per heavy atom. The molecular formula is C19H29FN2O. The van der Waals surface area contributed by atoms with E-state index in [1.165, 1.54) is 6.07 Å². The maximum atomic E-state index is 13.4. The van der Waals surface area contributed by atoms with Gasteiger partial charge in [-0.15, -0.1) is 0 Å². The molecule has 3 rings (SSSR count). The first-order chi connectivity index (χ1) is 11.0. The standard InChI is InChI=1S/C19H29FN2O/c1-13-10-18(21)19(22(13)2)12-23-17-8-6-14(7-9-17)15-4-3-5-16(20)11-15/h3-5,11,13-14,17-19H,6-10,12,21H2,1-2H3. The molecule has 0 bridgehead atoms. The monoisotopic (exact) mass is 320 g/mol. The predicted molar refractivity (Wildman–Crippen MR) is 91.0 cm³/mol. The largest absolute Gasteiger partial charge is 0.377 e. The van der Waals surface area contributed by atoms with Crippen LogP contribution in [0.4, 0.5) is 4.39 Å². The number of nitrogens with zero attached hydrogens (tertiary/aromatic N) is 1. The van der Waals surface area contributed by atoms with Crippen LogP contribution in [0.1, 0.15) is 50.5 Å². The molecule has 0 radical (unpaired) electrons. The lowest BCUT2D eigenvalue weighted by atomic mass is 9.82. The number of likely N-dealkylation sites (tertiary alicyclic amines) is 1. The maximum absolute atomic E-state index is 13.4. The Morgan fingerprint density at radius 1 is 1.26 bits per heavy atom. The number of nitrogens with two attached hydrogens (primary N) is 1. The first-order valence-corrected chi connectivity index (χ1v) is 8.89. The molecule has 1 saturated heterocycles. The van der Waals surface area contributed by atoms with Crippen molar-refractivity contribution in [1.29, 1.82) is 0 Å². The van der Waals surface area contributed by atoms with Crippen molar-refractivity contribution in [2.75, 3.05) is 13.7 Å². The van der Waals surface area contributed by atoms with Crippen LogP contribution in [0.3, 0.4) is 0 Å². The molecule has 3 atom stereocenters. The lowest BCUT2D eigenvalue weighted by Gasteiger charge is -2.31. The number of halogens is 1. The average molecular weight is 320 g/mol. The Morgan fingerprint density at radius 2 is 2.00 bits per heavy atom. The smallest absolute Gasteiger partial charge is 0.123 e. The summed E-state index contributed by atoms with van der Waals surface area (Å²) in [6.07, 6.45) is 5.66. The number of ether oxygens (including phenoxy) is 1. The molecule has 1 aliphatic carbocycles. The Balaban J connectivity index is 1.46. The number of rotatable bonds is 4. The topological polar surface area (TPSA) is 38.5 Å². The number of hydrogen-bond acceptors (Lipinski definition) is 3. The molecule has 2 fully saturated rings. The second-order valence-electron chi connectivity index (χ2n) is 7.34. The van der Waals surface area contributed by atoms with Crippen molar-refractivity contribution in [2.45, 2.75) is 69.2 Å². The highest BCUT2D eigenvalue weighted by atomic mass is 19.1. The van der Waals surface area contributed by atoms with E-state index in [1.807, 2.05) is 12.1 Å². The summed E-state index contributed by atoms with van der Waals surface area (Å²) in [6, 6.07) is 8.15. The third kappa shape index (κ3) is 3.93. The molecule has 4 heteroatoms. The Kier molecular flexibility index (Phi) is 5.34. The van der Waals surface area contributed by atoms with Gasteiger partial charge in [-0.05, 0) is 69.7 Å². The van der Waals surface area contributed by atoms with E-state index in [0.29, 0.717) is 24.1 Å². The summed E-state index contributed by atoms with van der Waals surface area (Å²) in [5, 5.41) is 0. The van der Waals surface area contributed by atoms with E-state index in [4.69, 9.17) is 10.5 Å². The zero-order chi connectivity index (χ0) is 16.4. The fourth-order valence-corrected chi connectivity index (χ4v) is 4.15. The van der Waals surface area contributed by atoms with E-state index in [1.54, 1.807) is 6.07 Å². The molecule has 1 aromatic carbocycles. The molecule has 1 aromatic rings. The molecule has 0 amide bonds. The molecule has 128 valence electrons. The van der Waals surface area contributed by atoms with Crippen LogP contribution in [0.25, 0.3) is 0 Å². The minimum Gasteiger partial charge on any atom is -0.377 e. The van der Waals surface area contributed by atoms with Gasteiger partial charge in [0.2, 0.25) is 0 Å². The van der Waals surface area contributed by atoms with Gasteiger partial charge < -0.3 is 10.5 Å². The summed E-state index contributed by atoms with van der Waals surface area (Å²) in [5.74, 6) is 0.343. The van der Waals surface area contributed by atoms with Crippen molar-refractivity contribution in [1.82, 2.24) is 4.90 Å². The van der Waals surface area contributed by atoms with Crippen LogP contribution in [-0.2, 0) is 4.74 Å². The van der Waals surface area contributed by atoms with Gasteiger partial charge in [0.15, 0.2) is 0 Å². The quantitative estimate of drug-likeness (QED) is 0.925. The molecule has 3 unspecified atom stereocenters. The molecule has 2 N–H and O–H groups in total. The third-order valence-corrected chi connectivity index (χ3v) is 5.82. The van der Waals surface area contributed by atoms with E-state index in [0.717, 1.165) is 44.3 Å². The third-order valence-electron chi connectivity index (χ3n) is 5.82. The summed E-state index contributed by atoms with van der Waals surface area (Å²) in [7, 11) is 2.15. The number of likely N-dealkylation sites (N-methyl/N-ethyl adjacent to an activating group) is 1. The second-order valence-corrected chi connectivity index (χ2v) is 7.34. The zero-order valence-corrected chi connectivity index (χ0v) is 14.2. The van der Waals surface area contributed by atoms with Crippen molar-refractivity contribution in [2.24, 2.45) is 5.73 Å². The van der Waals surface area contributed by atoms with Crippen LogP contribution in [0.15, 0.2) is 24.3 Å². The van der Waals surface area contributed by atoms with Gasteiger partial charge in [0.05, 0.1) is 12.7 Å². The average Bonchev–Trinajstić information content (AvgIpc) is 2.79. The predicted octanol–water partition coefficient (Wildman–Crippen LogP) is 3.29. The van der Waals surface area contributed by atoms with Crippen molar-refractivity contribution in [3.63, 3.8) is 0 Å². The van der Waals surface area contributed by atoms with Crippen LogP contribution in [0, 0.1) is 5.82 Å². The first-order valence-electron chi connectivity index (χ1n) is 8.89. The number of benzene rings is 1. The Labute approximate surface area is 139 Å². The van der Waals surface area contributed by atoms with Crippen molar-refractivity contribution < 1.29 is 9.13 Å². The van der Waals surface area contributed by atoms with Gasteiger partial charge in [0.1, 0.15) is 5.82 Å². The summed E-state index contributed by atoms with van der Waals surface area (Å²) < 4.78 is 19.5. The molecule has 1 saturated carbocycles. The first kappa shape index (κ1) is 16.9. The van der Waals surface area contributed by atoms with Crippen molar-refractivity contribution >= 4 is 0 Å². The summed E-state index contributed by atoms with van der Waals surface area (Å²) in [6.45, 7) is 2.96. The molecule has 0 spiro atoms.